The topological polar surface area (TPSA) is 46.6 Å². The van der Waals surface area contributed by atoms with Crippen molar-refractivity contribution in [2.24, 2.45) is 0 Å². The molecule has 0 amide bonds. The minimum atomic E-state index is -3.29. The van der Waals surface area contributed by atoms with E-state index in [1.807, 2.05) is 0 Å². The third-order valence-corrected chi connectivity index (χ3v) is 4.74. The molecule has 0 bridgehead atoms. The molecule has 1 aromatic rings. The standard InChI is InChI=1S/C12H18ClNO3S/c1-14(18(15,16)9-4-3-8-13)11-6-5-7-12(10-11)17-2/h5-7,10H,3-4,8-9H2,1-2H3. The summed E-state index contributed by atoms with van der Waals surface area (Å²) >= 11 is 5.54. The van der Waals surface area contributed by atoms with Crippen LogP contribution in [0.15, 0.2) is 24.3 Å². The van der Waals surface area contributed by atoms with Crippen molar-refractivity contribution < 1.29 is 13.2 Å². The summed E-state index contributed by atoms with van der Waals surface area (Å²) in [5.74, 6) is 1.22. The largest absolute Gasteiger partial charge is 0.497 e. The van der Waals surface area contributed by atoms with Crippen LogP contribution in [0.25, 0.3) is 0 Å². The Morgan fingerprint density at radius 1 is 1.33 bits per heavy atom. The molecule has 0 aliphatic carbocycles. The van der Waals surface area contributed by atoms with E-state index in [1.165, 1.54) is 4.31 Å². The molecule has 0 aliphatic heterocycles. The molecule has 0 unspecified atom stereocenters. The number of benzene rings is 1. The number of hydrogen-bond acceptors (Lipinski definition) is 3. The maximum atomic E-state index is 12.0. The summed E-state index contributed by atoms with van der Waals surface area (Å²) in [7, 11) is -0.195. The molecule has 0 spiro atoms. The molecule has 102 valence electrons. The molecular formula is C12H18ClNO3S. The SMILES string of the molecule is COc1cccc(N(C)S(=O)(=O)CCCCCl)c1. The van der Waals surface area contributed by atoms with Gasteiger partial charge in [-0.2, -0.15) is 0 Å². The maximum absolute atomic E-state index is 12.0. The van der Waals surface area contributed by atoms with Crippen LogP contribution in [-0.2, 0) is 10.0 Å². The lowest BCUT2D eigenvalue weighted by molar-refractivity contribution is 0.415. The van der Waals surface area contributed by atoms with Crippen LogP contribution in [-0.4, -0.2) is 34.2 Å². The number of halogens is 1. The van der Waals surface area contributed by atoms with Crippen molar-refractivity contribution in [3.05, 3.63) is 24.3 Å². The average molecular weight is 292 g/mol. The van der Waals surface area contributed by atoms with Gasteiger partial charge in [0.05, 0.1) is 18.6 Å². The van der Waals surface area contributed by atoms with Crippen LogP contribution in [0.5, 0.6) is 5.75 Å². The Balaban J connectivity index is 2.81. The second kappa shape index (κ2) is 6.85. The molecule has 1 rings (SSSR count). The van der Waals surface area contributed by atoms with E-state index in [1.54, 1.807) is 38.4 Å². The van der Waals surface area contributed by atoms with Crippen molar-refractivity contribution >= 4 is 27.3 Å². The highest BCUT2D eigenvalue weighted by Crippen LogP contribution is 2.22. The maximum Gasteiger partial charge on any atom is 0.234 e. The van der Waals surface area contributed by atoms with Gasteiger partial charge in [0.15, 0.2) is 0 Å². The lowest BCUT2D eigenvalue weighted by atomic mass is 10.3. The van der Waals surface area contributed by atoms with Crippen LogP contribution in [0, 0.1) is 0 Å². The fourth-order valence-electron chi connectivity index (χ4n) is 1.48. The predicted octanol–water partition coefficient (Wildman–Crippen LogP) is 2.48. The van der Waals surface area contributed by atoms with E-state index in [4.69, 9.17) is 16.3 Å². The Bertz CT molecular complexity index is 476. The first-order chi connectivity index (χ1) is 8.51. The van der Waals surface area contributed by atoms with E-state index >= 15 is 0 Å². The third kappa shape index (κ3) is 4.07. The molecule has 0 saturated heterocycles. The zero-order chi connectivity index (χ0) is 13.6. The van der Waals surface area contributed by atoms with E-state index in [0.717, 1.165) is 0 Å². The van der Waals surface area contributed by atoms with Crippen molar-refractivity contribution in [2.75, 3.05) is 30.1 Å². The number of rotatable bonds is 7. The summed E-state index contributed by atoms with van der Waals surface area (Å²) in [6.45, 7) is 0. The highest BCUT2D eigenvalue weighted by atomic mass is 35.5. The number of hydrogen-bond donors (Lipinski definition) is 0. The van der Waals surface area contributed by atoms with E-state index < -0.39 is 10.0 Å². The van der Waals surface area contributed by atoms with Crippen LogP contribution in [0.3, 0.4) is 0 Å². The molecule has 0 heterocycles. The summed E-state index contributed by atoms with van der Waals surface area (Å²) in [6, 6.07) is 6.97. The summed E-state index contributed by atoms with van der Waals surface area (Å²) in [5, 5.41) is 0. The van der Waals surface area contributed by atoms with Crippen LogP contribution in [0.1, 0.15) is 12.8 Å². The molecule has 18 heavy (non-hydrogen) atoms. The van der Waals surface area contributed by atoms with Gasteiger partial charge in [0.25, 0.3) is 0 Å². The van der Waals surface area contributed by atoms with Gasteiger partial charge in [0.1, 0.15) is 5.75 Å². The van der Waals surface area contributed by atoms with Crippen molar-refractivity contribution in [1.29, 1.82) is 0 Å². The summed E-state index contributed by atoms with van der Waals surface area (Å²) in [5.41, 5.74) is 0.597. The Hall–Kier alpha value is -0.940. The summed E-state index contributed by atoms with van der Waals surface area (Å²) < 4.78 is 30.5. The van der Waals surface area contributed by atoms with Gasteiger partial charge in [0.2, 0.25) is 10.0 Å². The van der Waals surface area contributed by atoms with Gasteiger partial charge >= 0.3 is 0 Å². The molecule has 6 heteroatoms. The zero-order valence-corrected chi connectivity index (χ0v) is 12.2. The Morgan fingerprint density at radius 2 is 2.06 bits per heavy atom. The monoisotopic (exact) mass is 291 g/mol. The fraction of sp³-hybridized carbons (Fsp3) is 0.500. The molecule has 1 aromatic carbocycles. The van der Waals surface area contributed by atoms with E-state index in [9.17, 15) is 8.42 Å². The lowest BCUT2D eigenvalue weighted by Gasteiger charge is -2.19. The first kappa shape index (κ1) is 15.1. The van der Waals surface area contributed by atoms with E-state index in [2.05, 4.69) is 0 Å². The molecule has 0 radical (unpaired) electrons. The minimum Gasteiger partial charge on any atom is -0.497 e. The normalized spacial score (nSPS) is 11.3. The molecule has 0 fully saturated rings. The Morgan fingerprint density at radius 3 is 2.67 bits per heavy atom. The fourth-order valence-corrected chi connectivity index (χ4v) is 2.95. The lowest BCUT2D eigenvalue weighted by Crippen LogP contribution is -2.29. The molecule has 0 aromatic heterocycles. The number of methoxy groups -OCH3 is 1. The van der Waals surface area contributed by atoms with Gasteiger partial charge in [-0.3, -0.25) is 4.31 Å². The second-order valence-corrected chi connectivity index (χ2v) is 6.38. The van der Waals surface area contributed by atoms with Gasteiger partial charge in [-0.1, -0.05) is 6.07 Å². The summed E-state index contributed by atoms with van der Waals surface area (Å²) in [6.07, 6.45) is 1.27. The van der Waals surface area contributed by atoms with Gasteiger partial charge in [-0.15, -0.1) is 11.6 Å². The minimum absolute atomic E-state index is 0.105. The zero-order valence-electron chi connectivity index (χ0n) is 10.6. The number of sulfonamides is 1. The smallest absolute Gasteiger partial charge is 0.234 e. The Labute approximate surface area is 114 Å². The first-order valence-electron chi connectivity index (χ1n) is 5.68. The van der Waals surface area contributed by atoms with Gasteiger partial charge in [0, 0.05) is 19.0 Å². The molecular weight excluding hydrogens is 274 g/mol. The molecule has 0 atom stereocenters. The van der Waals surface area contributed by atoms with Gasteiger partial charge in [-0.05, 0) is 25.0 Å². The van der Waals surface area contributed by atoms with Crippen molar-refractivity contribution in [2.45, 2.75) is 12.8 Å². The van der Waals surface area contributed by atoms with Crippen LogP contribution in [0.4, 0.5) is 5.69 Å². The van der Waals surface area contributed by atoms with Gasteiger partial charge in [-0.25, -0.2) is 8.42 Å². The first-order valence-corrected chi connectivity index (χ1v) is 7.82. The number of anilines is 1. The number of unbranched alkanes of at least 4 members (excludes halogenated alkanes) is 1. The molecule has 4 nitrogen and oxygen atoms in total. The van der Waals surface area contributed by atoms with Gasteiger partial charge < -0.3 is 4.74 Å². The Kier molecular flexibility index (Phi) is 5.75. The van der Waals surface area contributed by atoms with Crippen LogP contribution >= 0.6 is 11.6 Å². The number of nitrogens with zero attached hydrogens (tertiary/aromatic N) is 1. The highest BCUT2D eigenvalue weighted by Gasteiger charge is 2.18. The number of alkyl halides is 1. The molecule has 0 N–H and O–H groups in total. The predicted molar refractivity (Wildman–Crippen MR) is 75.1 cm³/mol. The highest BCUT2D eigenvalue weighted by molar-refractivity contribution is 7.92. The van der Waals surface area contributed by atoms with Crippen molar-refractivity contribution in [1.82, 2.24) is 0 Å². The summed E-state index contributed by atoms with van der Waals surface area (Å²) in [4.78, 5) is 0. The van der Waals surface area contributed by atoms with Crippen molar-refractivity contribution in [3.63, 3.8) is 0 Å². The third-order valence-electron chi connectivity index (χ3n) is 2.62. The van der Waals surface area contributed by atoms with Crippen LogP contribution in [0.2, 0.25) is 0 Å². The second-order valence-electron chi connectivity index (χ2n) is 3.88. The molecule has 0 aliphatic rings. The van der Waals surface area contributed by atoms with Crippen LogP contribution < -0.4 is 9.04 Å². The van der Waals surface area contributed by atoms with E-state index in [0.29, 0.717) is 30.2 Å². The van der Waals surface area contributed by atoms with Crippen molar-refractivity contribution in [3.8, 4) is 5.75 Å². The average Bonchev–Trinajstić information content (AvgIpc) is 2.38. The quantitative estimate of drug-likeness (QED) is 0.573. The number of ether oxygens (including phenoxy) is 1. The molecule has 0 saturated carbocycles. The van der Waals surface area contributed by atoms with E-state index in [-0.39, 0.29) is 5.75 Å².